The third-order valence-electron chi connectivity index (χ3n) is 5.05. The molecule has 0 aromatic carbocycles. The summed E-state index contributed by atoms with van der Waals surface area (Å²) in [4.78, 5) is 26.2. The van der Waals surface area contributed by atoms with Crippen molar-refractivity contribution in [2.75, 3.05) is 18.2 Å². The van der Waals surface area contributed by atoms with E-state index in [1.165, 1.54) is 35.1 Å². The second kappa shape index (κ2) is 9.69. The van der Waals surface area contributed by atoms with Gasteiger partial charge in [-0.25, -0.2) is 4.79 Å². The van der Waals surface area contributed by atoms with Crippen LogP contribution in [0.3, 0.4) is 0 Å². The molecule has 4 rings (SSSR count). The molecule has 0 saturated carbocycles. The molecule has 164 valence electrons. The Balaban J connectivity index is 1.48. The summed E-state index contributed by atoms with van der Waals surface area (Å²) in [7, 11) is 1.37. The van der Waals surface area contributed by atoms with Crippen LogP contribution in [-0.4, -0.2) is 39.5 Å². The van der Waals surface area contributed by atoms with E-state index >= 15 is 0 Å². The summed E-state index contributed by atoms with van der Waals surface area (Å²) in [6, 6.07) is 3.64. The molecule has 1 amide bonds. The van der Waals surface area contributed by atoms with Crippen LogP contribution in [0.5, 0.6) is 0 Å². The smallest absolute Gasteiger partial charge is 0.341 e. The van der Waals surface area contributed by atoms with Crippen LogP contribution in [0.15, 0.2) is 28.0 Å². The molecular formula is C21H24N4O4S2. The maximum absolute atomic E-state index is 12.7. The molecule has 0 unspecified atom stereocenters. The topological polar surface area (TPSA) is 99.2 Å². The highest BCUT2D eigenvalue weighted by Gasteiger charge is 2.27. The quantitative estimate of drug-likeness (QED) is 0.393. The molecule has 1 N–H and O–H groups in total. The first-order valence-corrected chi connectivity index (χ1v) is 12.0. The van der Waals surface area contributed by atoms with Gasteiger partial charge in [-0.15, -0.1) is 21.5 Å². The number of ether oxygens (including phenoxy) is 1. The Morgan fingerprint density at radius 2 is 2.16 bits per heavy atom. The first-order valence-electron chi connectivity index (χ1n) is 10.2. The molecule has 10 heteroatoms. The van der Waals surface area contributed by atoms with Gasteiger partial charge in [-0.1, -0.05) is 18.7 Å². The van der Waals surface area contributed by atoms with Crippen molar-refractivity contribution < 1.29 is 18.7 Å². The lowest BCUT2D eigenvalue weighted by molar-refractivity contribution is -0.113. The first-order chi connectivity index (χ1) is 15.1. The molecule has 1 aliphatic carbocycles. The Bertz CT molecular complexity index is 1070. The molecule has 0 radical (unpaired) electrons. The van der Waals surface area contributed by atoms with E-state index in [9.17, 15) is 9.59 Å². The van der Waals surface area contributed by atoms with Gasteiger partial charge in [0.25, 0.3) is 0 Å². The largest absolute Gasteiger partial charge is 0.465 e. The van der Waals surface area contributed by atoms with Crippen molar-refractivity contribution in [2.24, 2.45) is 0 Å². The van der Waals surface area contributed by atoms with Gasteiger partial charge in [0.15, 0.2) is 16.7 Å². The third kappa shape index (κ3) is 4.54. The highest BCUT2D eigenvalue weighted by molar-refractivity contribution is 7.99. The number of aryl methyl sites for hydroxylation is 1. The zero-order valence-electron chi connectivity index (χ0n) is 17.5. The molecule has 1 aliphatic rings. The van der Waals surface area contributed by atoms with Crippen molar-refractivity contribution >= 4 is 40.0 Å². The molecule has 0 fully saturated rings. The Morgan fingerprint density at radius 3 is 2.90 bits per heavy atom. The van der Waals surface area contributed by atoms with E-state index in [-0.39, 0.29) is 11.7 Å². The lowest BCUT2D eigenvalue weighted by Crippen LogP contribution is -2.17. The standard InChI is InChI=1S/C21H24N4O4S2/c1-3-10-25-18(14-8-6-11-29-14)23-24-21(25)30-12-16(26)22-19-17(20(27)28-2)13-7-4-5-9-15(13)31-19/h6,8,11H,3-5,7,9-10,12H2,1-2H3,(H,22,26). The lowest BCUT2D eigenvalue weighted by Gasteiger charge is -2.11. The van der Waals surface area contributed by atoms with Gasteiger partial charge in [-0.05, 0) is 49.8 Å². The molecule has 0 bridgehead atoms. The normalized spacial score (nSPS) is 13.1. The summed E-state index contributed by atoms with van der Waals surface area (Å²) in [5.41, 5.74) is 1.53. The van der Waals surface area contributed by atoms with Gasteiger partial charge in [-0.3, -0.25) is 9.36 Å². The molecular weight excluding hydrogens is 436 g/mol. The van der Waals surface area contributed by atoms with Crippen LogP contribution in [0.2, 0.25) is 0 Å². The van der Waals surface area contributed by atoms with E-state index in [0.717, 1.165) is 44.2 Å². The number of nitrogens with one attached hydrogen (secondary N) is 1. The van der Waals surface area contributed by atoms with Crippen molar-refractivity contribution in [3.63, 3.8) is 0 Å². The maximum Gasteiger partial charge on any atom is 0.341 e. The van der Waals surface area contributed by atoms with E-state index in [2.05, 4.69) is 22.4 Å². The van der Waals surface area contributed by atoms with Crippen LogP contribution in [0.25, 0.3) is 11.6 Å². The number of carbonyl (C=O) groups is 2. The van der Waals surface area contributed by atoms with Gasteiger partial charge in [0.1, 0.15) is 5.00 Å². The van der Waals surface area contributed by atoms with E-state index < -0.39 is 5.97 Å². The number of methoxy groups -OCH3 is 1. The van der Waals surface area contributed by atoms with Gasteiger partial charge in [0, 0.05) is 11.4 Å². The minimum atomic E-state index is -0.395. The molecule has 31 heavy (non-hydrogen) atoms. The lowest BCUT2D eigenvalue weighted by atomic mass is 9.95. The molecule has 0 aliphatic heterocycles. The summed E-state index contributed by atoms with van der Waals surface area (Å²) in [5.74, 6) is 0.855. The number of hydrogen-bond acceptors (Lipinski definition) is 8. The molecule has 8 nitrogen and oxygen atoms in total. The minimum absolute atomic E-state index is 0.156. The van der Waals surface area contributed by atoms with Gasteiger partial charge in [-0.2, -0.15) is 0 Å². The summed E-state index contributed by atoms with van der Waals surface area (Å²) < 4.78 is 12.4. The third-order valence-corrected chi connectivity index (χ3v) is 7.23. The van der Waals surface area contributed by atoms with Gasteiger partial charge in [0.2, 0.25) is 5.91 Å². The van der Waals surface area contributed by atoms with Gasteiger partial charge >= 0.3 is 5.97 Å². The van der Waals surface area contributed by atoms with Crippen LogP contribution < -0.4 is 5.32 Å². The van der Waals surface area contributed by atoms with Gasteiger partial charge in [0.05, 0.1) is 24.7 Å². The van der Waals surface area contributed by atoms with Crippen LogP contribution >= 0.6 is 23.1 Å². The van der Waals surface area contributed by atoms with Crippen molar-refractivity contribution in [1.29, 1.82) is 0 Å². The summed E-state index contributed by atoms with van der Waals surface area (Å²) >= 11 is 2.79. The van der Waals surface area contributed by atoms with E-state index in [4.69, 9.17) is 9.15 Å². The predicted octanol–water partition coefficient (Wildman–Crippen LogP) is 4.41. The van der Waals surface area contributed by atoms with Crippen molar-refractivity contribution in [3.05, 3.63) is 34.4 Å². The molecule has 0 spiro atoms. The average Bonchev–Trinajstić information content (AvgIpc) is 3.50. The number of rotatable bonds is 8. The predicted molar refractivity (Wildman–Crippen MR) is 120 cm³/mol. The molecule has 0 atom stereocenters. The van der Waals surface area contributed by atoms with Crippen LogP contribution in [0.4, 0.5) is 5.00 Å². The summed E-state index contributed by atoms with van der Waals surface area (Å²) in [6.07, 6.45) is 6.42. The average molecular weight is 461 g/mol. The number of hydrogen-bond donors (Lipinski definition) is 1. The number of thioether (sulfide) groups is 1. The first kappa shape index (κ1) is 21.6. The molecule has 0 saturated heterocycles. The van der Waals surface area contributed by atoms with E-state index in [1.807, 2.05) is 10.6 Å². The summed E-state index contributed by atoms with van der Waals surface area (Å²) in [6.45, 7) is 2.79. The fraction of sp³-hybridized carbons (Fsp3) is 0.429. The monoisotopic (exact) mass is 460 g/mol. The zero-order chi connectivity index (χ0) is 21.8. The molecule has 3 aromatic heterocycles. The molecule has 3 aromatic rings. The van der Waals surface area contributed by atoms with Crippen molar-refractivity contribution in [1.82, 2.24) is 14.8 Å². The Hall–Kier alpha value is -2.59. The number of fused-ring (bicyclic) bond motifs is 1. The second-order valence-corrected chi connectivity index (χ2v) is 9.23. The molecule has 3 heterocycles. The number of nitrogens with zero attached hydrogens (tertiary/aromatic N) is 3. The number of carbonyl (C=O) groups excluding carboxylic acids is 2. The Morgan fingerprint density at radius 1 is 1.32 bits per heavy atom. The SMILES string of the molecule is CCCn1c(SCC(=O)Nc2sc3c(c2C(=O)OC)CCCC3)nnc1-c1ccco1. The zero-order valence-corrected chi connectivity index (χ0v) is 19.1. The number of aromatic nitrogens is 3. The van der Waals surface area contributed by atoms with E-state index in [1.54, 1.807) is 12.3 Å². The summed E-state index contributed by atoms with van der Waals surface area (Å²) in [5, 5.41) is 12.6. The number of esters is 1. The fourth-order valence-corrected chi connectivity index (χ4v) is 5.73. The number of furan rings is 1. The number of thiophene rings is 1. The van der Waals surface area contributed by atoms with Crippen molar-refractivity contribution in [3.8, 4) is 11.6 Å². The Kier molecular flexibility index (Phi) is 6.77. The van der Waals surface area contributed by atoms with Crippen LogP contribution in [0.1, 0.15) is 47.0 Å². The maximum atomic E-state index is 12.7. The minimum Gasteiger partial charge on any atom is -0.465 e. The fourth-order valence-electron chi connectivity index (χ4n) is 3.67. The second-order valence-electron chi connectivity index (χ2n) is 7.18. The van der Waals surface area contributed by atoms with Crippen molar-refractivity contribution in [2.45, 2.75) is 50.7 Å². The Labute approximate surface area is 188 Å². The van der Waals surface area contributed by atoms with Crippen LogP contribution in [0, 0.1) is 0 Å². The highest BCUT2D eigenvalue weighted by Crippen LogP contribution is 2.38. The highest BCUT2D eigenvalue weighted by atomic mass is 32.2. The van der Waals surface area contributed by atoms with Gasteiger partial charge < -0.3 is 14.5 Å². The number of anilines is 1. The number of amides is 1. The van der Waals surface area contributed by atoms with E-state index in [0.29, 0.717) is 27.3 Å². The van der Waals surface area contributed by atoms with Crippen LogP contribution in [-0.2, 0) is 28.9 Å².